The zero-order valence-corrected chi connectivity index (χ0v) is 11.5. The molecule has 1 aromatic heterocycles. The quantitative estimate of drug-likeness (QED) is 0.905. The molecule has 1 fully saturated rings. The van der Waals surface area contributed by atoms with Crippen LogP contribution in [0.2, 0.25) is 0 Å². The number of benzene rings is 1. The smallest absolute Gasteiger partial charge is 0.0771 e. The van der Waals surface area contributed by atoms with Crippen LogP contribution in [0.25, 0.3) is 10.1 Å². The van der Waals surface area contributed by atoms with Gasteiger partial charge in [-0.2, -0.15) is 0 Å². The third-order valence-corrected chi connectivity index (χ3v) is 4.59. The van der Waals surface area contributed by atoms with Crippen molar-refractivity contribution in [3.8, 4) is 0 Å². The van der Waals surface area contributed by atoms with Crippen LogP contribution in [0.1, 0.15) is 31.4 Å². The number of rotatable bonds is 4. The molecule has 1 saturated heterocycles. The maximum absolute atomic E-state index is 5.88. The highest BCUT2D eigenvalue weighted by Crippen LogP contribution is 2.35. The minimum absolute atomic E-state index is 0.336. The summed E-state index contributed by atoms with van der Waals surface area (Å²) >= 11 is 1.83. The average Bonchev–Trinajstić information content (AvgIpc) is 3.06. The number of hydrogen-bond donors (Lipinski definition) is 1. The molecule has 2 unspecified atom stereocenters. The van der Waals surface area contributed by atoms with E-state index in [1.807, 2.05) is 11.3 Å². The lowest BCUT2D eigenvalue weighted by atomic mass is 9.99. The van der Waals surface area contributed by atoms with E-state index in [1.165, 1.54) is 28.5 Å². The van der Waals surface area contributed by atoms with E-state index < -0.39 is 0 Å². The van der Waals surface area contributed by atoms with Gasteiger partial charge in [0.1, 0.15) is 0 Å². The maximum atomic E-state index is 5.88. The second kappa shape index (κ2) is 5.39. The summed E-state index contributed by atoms with van der Waals surface area (Å²) < 4.78 is 7.25. The molecule has 0 bridgehead atoms. The Kier molecular flexibility index (Phi) is 3.64. The molecule has 1 aliphatic heterocycles. The van der Waals surface area contributed by atoms with Crippen molar-refractivity contribution in [2.45, 2.75) is 31.9 Å². The average molecular weight is 261 g/mol. The fourth-order valence-corrected chi connectivity index (χ4v) is 3.76. The summed E-state index contributed by atoms with van der Waals surface area (Å²) in [5.41, 5.74) is 1.41. The number of hydrogen-bond acceptors (Lipinski definition) is 3. The Labute approximate surface area is 112 Å². The molecule has 3 heteroatoms. The molecule has 2 atom stereocenters. The van der Waals surface area contributed by atoms with E-state index >= 15 is 0 Å². The number of fused-ring (bicyclic) bond motifs is 1. The summed E-state index contributed by atoms with van der Waals surface area (Å²) in [5.74, 6) is 0. The summed E-state index contributed by atoms with van der Waals surface area (Å²) in [5, 5.41) is 7.27. The molecule has 2 heterocycles. The monoisotopic (exact) mass is 261 g/mol. The number of ether oxygens (including phenoxy) is 1. The van der Waals surface area contributed by atoms with E-state index in [9.17, 15) is 0 Å². The molecule has 2 nitrogen and oxygen atoms in total. The normalized spacial score (nSPS) is 21.5. The van der Waals surface area contributed by atoms with Gasteiger partial charge in [0.15, 0.2) is 0 Å². The zero-order chi connectivity index (χ0) is 12.4. The van der Waals surface area contributed by atoms with Gasteiger partial charge in [-0.3, -0.25) is 0 Å². The van der Waals surface area contributed by atoms with Crippen LogP contribution >= 0.6 is 11.3 Å². The van der Waals surface area contributed by atoms with Crippen molar-refractivity contribution in [1.29, 1.82) is 0 Å². The molecule has 96 valence electrons. The van der Waals surface area contributed by atoms with Crippen LogP contribution in [0.3, 0.4) is 0 Å². The molecular formula is C15H19NOS. The predicted octanol–water partition coefficient (Wildman–Crippen LogP) is 3.73. The highest BCUT2D eigenvalue weighted by Gasteiger charge is 2.28. The van der Waals surface area contributed by atoms with Crippen molar-refractivity contribution >= 4 is 21.4 Å². The number of likely N-dealkylation sites (N-methyl/N-ethyl adjacent to an activating group) is 1. The second-order valence-corrected chi connectivity index (χ2v) is 5.69. The first-order valence-electron chi connectivity index (χ1n) is 6.71. The van der Waals surface area contributed by atoms with Gasteiger partial charge in [-0.25, -0.2) is 0 Å². The van der Waals surface area contributed by atoms with E-state index in [0.29, 0.717) is 12.1 Å². The van der Waals surface area contributed by atoms with Gasteiger partial charge in [-0.05, 0) is 41.8 Å². The Morgan fingerprint density at radius 1 is 1.44 bits per heavy atom. The molecule has 0 saturated carbocycles. The number of nitrogens with one attached hydrogen (secondary N) is 1. The van der Waals surface area contributed by atoms with Crippen molar-refractivity contribution in [2.24, 2.45) is 0 Å². The second-order valence-electron chi connectivity index (χ2n) is 4.77. The summed E-state index contributed by atoms with van der Waals surface area (Å²) in [6.45, 7) is 4.06. The first kappa shape index (κ1) is 12.2. The van der Waals surface area contributed by atoms with Crippen molar-refractivity contribution in [2.75, 3.05) is 13.2 Å². The molecule has 0 aliphatic carbocycles. The van der Waals surface area contributed by atoms with E-state index in [-0.39, 0.29) is 0 Å². The van der Waals surface area contributed by atoms with Crippen molar-refractivity contribution in [3.63, 3.8) is 0 Å². The largest absolute Gasteiger partial charge is 0.376 e. The van der Waals surface area contributed by atoms with Gasteiger partial charge >= 0.3 is 0 Å². The van der Waals surface area contributed by atoms with Gasteiger partial charge in [-0.1, -0.05) is 25.1 Å². The lowest BCUT2D eigenvalue weighted by Gasteiger charge is -2.23. The standard InChI is InChI=1S/C15H19NOS/c1-2-16-15(13-7-5-9-17-13)12-10-18-14-8-4-3-6-11(12)14/h3-4,6,8,10,13,15-16H,2,5,7,9H2,1H3. The van der Waals surface area contributed by atoms with Gasteiger partial charge in [0.25, 0.3) is 0 Å². The highest BCUT2D eigenvalue weighted by atomic mass is 32.1. The Morgan fingerprint density at radius 3 is 3.11 bits per heavy atom. The molecule has 0 spiro atoms. The Hall–Kier alpha value is -0.900. The summed E-state index contributed by atoms with van der Waals surface area (Å²) in [6.07, 6.45) is 2.69. The molecule has 18 heavy (non-hydrogen) atoms. The molecule has 2 aromatic rings. The minimum Gasteiger partial charge on any atom is -0.376 e. The van der Waals surface area contributed by atoms with Crippen molar-refractivity contribution in [1.82, 2.24) is 5.32 Å². The Morgan fingerprint density at radius 2 is 2.33 bits per heavy atom. The molecule has 1 N–H and O–H groups in total. The van der Waals surface area contributed by atoms with Crippen LogP contribution in [-0.2, 0) is 4.74 Å². The lowest BCUT2D eigenvalue weighted by Crippen LogP contribution is -2.31. The molecule has 0 amide bonds. The Bertz CT molecular complexity index is 516. The molecule has 1 aliphatic rings. The lowest BCUT2D eigenvalue weighted by molar-refractivity contribution is 0.0793. The topological polar surface area (TPSA) is 21.3 Å². The predicted molar refractivity (Wildman–Crippen MR) is 77.2 cm³/mol. The van der Waals surface area contributed by atoms with Crippen LogP contribution in [-0.4, -0.2) is 19.3 Å². The zero-order valence-electron chi connectivity index (χ0n) is 10.7. The SMILES string of the molecule is CCNC(c1csc2ccccc12)C1CCCO1. The van der Waals surface area contributed by atoms with Gasteiger partial charge in [0.05, 0.1) is 12.1 Å². The molecular weight excluding hydrogens is 242 g/mol. The van der Waals surface area contributed by atoms with E-state index in [2.05, 4.69) is 41.9 Å². The van der Waals surface area contributed by atoms with Gasteiger partial charge < -0.3 is 10.1 Å². The Balaban J connectivity index is 1.98. The van der Waals surface area contributed by atoms with Crippen molar-refractivity contribution < 1.29 is 4.74 Å². The van der Waals surface area contributed by atoms with Crippen LogP contribution in [0, 0.1) is 0 Å². The third kappa shape index (κ3) is 2.18. The van der Waals surface area contributed by atoms with Crippen LogP contribution in [0.15, 0.2) is 29.6 Å². The number of thiophene rings is 1. The molecule has 1 aromatic carbocycles. The fourth-order valence-electron chi connectivity index (χ4n) is 2.77. The van der Waals surface area contributed by atoms with Crippen LogP contribution in [0.5, 0.6) is 0 Å². The summed E-state index contributed by atoms with van der Waals surface area (Å²) in [4.78, 5) is 0. The molecule has 3 rings (SSSR count). The highest BCUT2D eigenvalue weighted by molar-refractivity contribution is 7.17. The van der Waals surface area contributed by atoms with Crippen LogP contribution < -0.4 is 5.32 Å². The third-order valence-electron chi connectivity index (χ3n) is 3.61. The fraction of sp³-hybridized carbons (Fsp3) is 0.467. The first-order valence-corrected chi connectivity index (χ1v) is 7.59. The summed E-state index contributed by atoms with van der Waals surface area (Å²) in [7, 11) is 0. The van der Waals surface area contributed by atoms with Crippen molar-refractivity contribution in [3.05, 3.63) is 35.2 Å². The first-order chi connectivity index (χ1) is 8.90. The van der Waals surface area contributed by atoms with Gasteiger partial charge in [-0.15, -0.1) is 11.3 Å². The molecule has 0 radical (unpaired) electrons. The van der Waals surface area contributed by atoms with Gasteiger partial charge in [0, 0.05) is 11.3 Å². The van der Waals surface area contributed by atoms with E-state index in [1.54, 1.807) is 0 Å². The van der Waals surface area contributed by atoms with E-state index in [4.69, 9.17) is 4.74 Å². The summed E-state index contributed by atoms with van der Waals surface area (Å²) in [6, 6.07) is 8.99. The van der Waals surface area contributed by atoms with Crippen LogP contribution in [0.4, 0.5) is 0 Å². The van der Waals surface area contributed by atoms with Gasteiger partial charge in [0.2, 0.25) is 0 Å². The minimum atomic E-state index is 0.336. The maximum Gasteiger partial charge on any atom is 0.0771 e. The van der Waals surface area contributed by atoms with E-state index in [0.717, 1.165) is 13.2 Å².